The van der Waals surface area contributed by atoms with Crippen LogP contribution in [0.5, 0.6) is 5.75 Å². The van der Waals surface area contributed by atoms with Gasteiger partial charge in [-0.15, -0.1) is 0 Å². The predicted molar refractivity (Wildman–Crippen MR) is 77.1 cm³/mol. The minimum Gasteiger partial charge on any atom is -0.489 e. The van der Waals surface area contributed by atoms with E-state index in [4.69, 9.17) is 15.7 Å². The van der Waals surface area contributed by atoms with Crippen LogP contribution in [0.4, 0.5) is 0 Å². The summed E-state index contributed by atoms with van der Waals surface area (Å²) in [4.78, 5) is 4.01. The zero-order valence-electron chi connectivity index (χ0n) is 11.6. The second-order valence-corrected chi connectivity index (χ2v) is 4.73. The van der Waals surface area contributed by atoms with Crippen LogP contribution in [0.2, 0.25) is 0 Å². The van der Waals surface area contributed by atoms with Gasteiger partial charge in [-0.3, -0.25) is 0 Å². The van der Waals surface area contributed by atoms with Crippen LogP contribution in [0.3, 0.4) is 0 Å². The van der Waals surface area contributed by atoms with E-state index in [0.717, 1.165) is 22.4 Å². The van der Waals surface area contributed by atoms with Crippen molar-refractivity contribution in [2.24, 2.45) is 5.73 Å². The van der Waals surface area contributed by atoms with Gasteiger partial charge in [0, 0.05) is 17.8 Å². The number of aromatic nitrogens is 1. The van der Waals surface area contributed by atoms with Crippen LogP contribution in [-0.2, 0) is 6.61 Å². The van der Waals surface area contributed by atoms with Crippen molar-refractivity contribution in [2.75, 3.05) is 0 Å². The maximum absolute atomic E-state index is 8.99. The zero-order chi connectivity index (χ0) is 14.5. The standard InChI is InChI=1S/C16H17N3O/c1-11-8-13(12(2)18)5-6-16(11)20-10-14-4-3-7-19-15(14)9-17/h3-8,12H,10,18H2,1-2H3. The van der Waals surface area contributed by atoms with Crippen molar-refractivity contribution in [1.29, 1.82) is 5.26 Å². The van der Waals surface area contributed by atoms with Crippen molar-refractivity contribution in [2.45, 2.75) is 26.5 Å². The van der Waals surface area contributed by atoms with Crippen molar-refractivity contribution in [3.05, 3.63) is 58.9 Å². The molecular weight excluding hydrogens is 250 g/mol. The third-order valence-electron chi connectivity index (χ3n) is 3.11. The number of nitriles is 1. The van der Waals surface area contributed by atoms with Crippen molar-refractivity contribution in [3.63, 3.8) is 0 Å². The van der Waals surface area contributed by atoms with Gasteiger partial charge >= 0.3 is 0 Å². The molecule has 0 saturated heterocycles. The summed E-state index contributed by atoms with van der Waals surface area (Å²) in [6, 6.07) is 11.6. The summed E-state index contributed by atoms with van der Waals surface area (Å²) in [5.41, 5.74) is 9.14. The van der Waals surface area contributed by atoms with Gasteiger partial charge in [-0.25, -0.2) is 4.98 Å². The first kappa shape index (κ1) is 14.0. The minimum absolute atomic E-state index is 0.00580. The lowest BCUT2D eigenvalue weighted by Crippen LogP contribution is -2.06. The maximum Gasteiger partial charge on any atom is 0.147 e. The quantitative estimate of drug-likeness (QED) is 0.924. The molecule has 1 aromatic carbocycles. The van der Waals surface area contributed by atoms with Gasteiger partial charge in [0.1, 0.15) is 24.1 Å². The highest BCUT2D eigenvalue weighted by Gasteiger charge is 2.07. The summed E-state index contributed by atoms with van der Waals surface area (Å²) in [5, 5.41) is 8.99. The van der Waals surface area contributed by atoms with Gasteiger partial charge < -0.3 is 10.5 Å². The molecule has 102 valence electrons. The molecule has 0 fully saturated rings. The van der Waals surface area contributed by atoms with E-state index < -0.39 is 0 Å². The number of ether oxygens (including phenoxy) is 1. The fourth-order valence-corrected chi connectivity index (χ4v) is 1.93. The summed E-state index contributed by atoms with van der Waals surface area (Å²) >= 11 is 0. The Labute approximate surface area is 118 Å². The molecule has 0 radical (unpaired) electrons. The van der Waals surface area contributed by atoms with Crippen molar-refractivity contribution >= 4 is 0 Å². The summed E-state index contributed by atoms with van der Waals surface area (Å²) in [6.07, 6.45) is 1.60. The number of hydrogen-bond donors (Lipinski definition) is 1. The van der Waals surface area contributed by atoms with Crippen LogP contribution in [0.15, 0.2) is 36.5 Å². The summed E-state index contributed by atoms with van der Waals surface area (Å²) in [7, 11) is 0. The Bertz CT molecular complexity index is 644. The molecule has 1 aromatic heterocycles. The molecule has 2 aromatic rings. The molecule has 1 atom stereocenters. The van der Waals surface area contributed by atoms with E-state index in [1.807, 2.05) is 38.1 Å². The van der Waals surface area contributed by atoms with Gasteiger partial charge in [0.25, 0.3) is 0 Å². The largest absolute Gasteiger partial charge is 0.489 e. The number of pyridine rings is 1. The number of nitrogens with zero attached hydrogens (tertiary/aromatic N) is 2. The molecule has 1 heterocycles. The number of rotatable bonds is 4. The van der Waals surface area contributed by atoms with Crippen LogP contribution in [-0.4, -0.2) is 4.98 Å². The molecule has 2 N–H and O–H groups in total. The molecule has 1 unspecified atom stereocenters. The Balaban J connectivity index is 2.14. The summed E-state index contributed by atoms with van der Waals surface area (Å²) in [6.45, 7) is 4.26. The highest BCUT2D eigenvalue weighted by molar-refractivity contribution is 5.38. The zero-order valence-corrected chi connectivity index (χ0v) is 11.6. The second kappa shape index (κ2) is 6.18. The Morgan fingerprint density at radius 3 is 2.85 bits per heavy atom. The van der Waals surface area contributed by atoms with E-state index >= 15 is 0 Å². The molecule has 0 bridgehead atoms. The molecule has 0 aliphatic carbocycles. The molecule has 0 amide bonds. The van der Waals surface area contributed by atoms with Gasteiger partial charge in [0.05, 0.1) is 0 Å². The minimum atomic E-state index is 0.00580. The van der Waals surface area contributed by atoms with Crippen LogP contribution in [0.1, 0.15) is 35.3 Å². The van der Waals surface area contributed by atoms with E-state index in [1.165, 1.54) is 0 Å². The lowest BCUT2D eigenvalue weighted by molar-refractivity contribution is 0.303. The molecule has 0 saturated carbocycles. The maximum atomic E-state index is 8.99. The van der Waals surface area contributed by atoms with E-state index in [2.05, 4.69) is 11.1 Å². The normalized spacial score (nSPS) is 11.7. The molecule has 0 aliphatic heterocycles. The molecular formula is C16H17N3O. The first-order chi connectivity index (χ1) is 9.61. The van der Waals surface area contributed by atoms with Crippen molar-refractivity contribution < 1.29 is 4.74 Å². The lowest BCUT2D eigenvalue weighted by atomic mass is 10.1. The smallest absolute Gasteiger partial charge is 0.147 e. The summed E-state index contributed by atoms with van der Waals surface area (Å²) < 4.78 is 5.77. The topological polar surface area (TPSA) is 71.9 Å². The van der Waals surface area contributed by atoms with Crippen molar-refractivity contribution in [1.82, 2.24) is 4.98 Å². The lowest BCUT2D eigenvalue weighted by Gasteiger charge is -2.12. The molecule has 20 heavy (non-hydrogen) atoms. The van der Waals surface area contributed by atoms with Gasteiger partial charge in [-0.1, -0.05) is 18.2 Å². The number of nitrogens with two attached hydrogens (primary N) is 1. The molecule has 4 nitrogen and oxygen atoms in total. The SMILES string of the molecule is Cc1cc(C(C)N)ccc1OCc1cccnc1C#N. The second-order valence-electron chi connectivity index (χ2n) is 4.73. The van der Waals surface area contributed by atoms with E-state index in [-0.39, 0.29) is 6.04 Å². The van der Waals surface area contributed by atoms with Crippen LogP contribution < -0.4 is 10.5 Å². The number of benzene rings is 1. The average Bonchev–Trinajstić information content (AvgIpc) is 2.46. The third-order valence-corrected chi connectivity index (χ3v) is 3.11. The fraction of sp³-hybridized carbons (Fsp3) is 0.250. The predicted octanol–water partition coefficient (Wildman–Crippen LogP) is 2.86. The highest BCUT2D eigenvalue weighted by Crippen LogP contribution is 2.23. The van der Waals surface area contributed by atoms with Crippen LogP contribution in [0, 0.1) is 18.3 Å². The third kappa shape index (κ3) is 3.14. The van der Waals surface area contributed by atoms with Crippen LogP contribution >= 0.6 is 0 Å². The first-order valence-corrected chi connectivity index (χ1v) is 6.44. The molecule has 0 spiro atoms. The molecule has 4 heteroatoms. The highest BCUT2D eigenvalue weighted by atomic mass is 16.5. The monoisotopic (exact) mass is 267 g/mol. The van der Waals surface area contributed by atoms with Gasteiger partial charge in [-0.05, 0) is 37.1 Å². The van der Waals surface area contributed by atoms with Crippen LogP contribution in [0.25, 0.3) is 0 Å². The molecule has 0 aliphatic rings. The Kier molecular flexibility index (Phi) is 4.34. The summed E-state index contributed by atoms with van der Waals surface area (Å²) in [5.74, 6) is 0.794. The van der Waals surface area contributed by atoms with E-state index in [0.29, 0.717) is 12.3 Å². The Hall–Kier alpha value is -2.38. The Morgan fingerprint density at radius 1 is 1.40 bits per heavy atom. The van der Waals surface area contributed by atoms with Gasteiger partial charge in [0.2, 0.25) is 0 Å². The van der Waals surface area contributed by atoms with Gasteiger partial charge in [-0.2, -0.15) is 5.26 Å². The first-order valence-electron chi connectivity index (χ1n) is 6.44. The number of hydrogen-bond acceptors (Lipinski definition) is 4. The Morgan fingerprint density at radius 2 is 2.20 bits per heavy atom. The number of aryl methyl sites for hydroxylation is 1. The average molecular weight is 267 g/mol. The van der Waals surface area contributed by atoms with E-state index in [9.17, 15) is 0 Å². The molecule has 2 rings (SSSR count). The van der Waals surface area contributed by atoms with Crippen molar-refractivity contribution in [3.8, 4) is 11.8 Å². The van der Waals surface area contributed by atoms with E-state index in [1.54, 1.807) is 12.3 Å². The fourth-order valence-electron chi connectivity index (χ4n) is 1.93. The van der Waals surface area contributed by atoms with Gasteiger partial charge in [0.15, 0.2) is 0 Å².